The molecule has 3 aromatic rings. The van der Waals surface area contributed by atoms with Crippen LogP contribution in [0, 0.1) is 18.3 Å². The van der Waals surface area contributed by atoms with E-state index in [1.807, 2.05) is 61.1 Å². The molecule has 120 valence electrons. The van der Waals surface area contributed by atoms with E-state index < -0.39 is 0 Å². The predicted octanol–water partition coefficient (Wildman–Crippen LogP) is 3.53. The third-order valence-electron chi connectivity index (χ3n) is 4.09. The highest BCUT2D eigenvalue weighted by Gasteiger charge is 2.22. The van der Waals surface area contributed by atoms with Crippen LogP contribution in [0.3, 0.4) is 0 Å². The molecule has 0 aliphatic rings. The Labute approximate surface area is 140 Å². The first-order chi connectivity index (χ1) is 11.6. The van der Waals surface area contributed by atoms with E-state index in [1.165, 1.54) is 0 Å². The SMILES string of the molecule is COc1ccccc1-c1c(C)nc(N)c(C#N)c1-c1cccn1C. The first kappa shape index (κ1) is 15.6. The second-order valence-corrected chi connectivity index (χ2v) is 5.52. The first-order valence-corrected chi connectivity index (χ1v) is 7.53. The molecule has 0 radical (unpaired) electrons. The Morgan fingerprint density at radius 3 is 2.54 bits per heavy atom. The molecule has 0 aliphatic carbocycles. The van der Waals surface area contributed by atoms with Crippen molar-refractivity contribution in [3.63, 3.8) is 0 Å². The third kappa shape index (κ3) is 2.38. The number of pyridine rings is 1. The Morgan fingerprint density at radius 2 is 1.92 bits per heavy atom. The van der Waals surface area contributed by atoms with Gasteiger partial charge in [-0.25, -0.2) is 4.98 Å². The summed E-state index contributed by atoms with van der Waals surface area (Å²) in [5.74, 6) is 0.969. The van der Waals surface area contributed by atoms with Gasteiger partial charge in [0.1, 0.15) is 23.2 Å². The lowest BCUT2D eigenvalue weighted by Crippen LogP contribution is -2.05. The summed E-state index contributed by atoms with van der Waals surface area (Å²) < 4.78 is 7.48. The fourth-order valence-electron chi connectivity index (χ4n) is 3.00. The van der Waals surface area contributed by atoms with Gasteiger partial charge in [0.15, 0.2) is 0 Å². The summed E-state index contributed by atoms with van der Waals surface area (Å²) >= 11 is 0. The van der Waals surface area contributed by atoms with Crippen molar-refractivity contribution >= 4 is 5.82 Å². The maximum Gasteiger partial charge on any atom is 0.142 e. The van der Waals surface area contributed by atoms with E-state index in [4.69, 9.17) is 10.5 Å². The van der Waals surface area contributed by atoms with Crippen LogP contribution in [0.5, 0.6) is 5.75 Å². The van der Waals surface area contributed by atoms with Crippen molar-refractivity contribution in [1.29, 1.82) is 5.26 Å². The molecular weight excluding hydrogens is 300 g/mol. The molecular formula is C19H18N4O. The number of ether oxygens (including phenoxy) is 1. The van der Waals surface area contributed by atoms with Crippen molar-refractivity contribution in [2.45, 2.75) is 6.92 Å². The maximum atomic E-state index is 9.67. The van der Waals surface area contributed by atoms with E-state index in [0.717, 1.165) is 33.8 Å². The van der Waals surface area contributed by atoms with Gasteiger partial charge in [0, 0.05) is 41.3 Å². The minimum atomic E-state index is 0.241. The topological polar surface area (TPSA) is 76.9 Å². The molecule has 5 nitrogen and oxygen atoms in total. The number of para-hydroxylation sites is 1. The lowest BCUT2D eigenvalue weighted by molar-refractivity contribution is 0.416. The highest BCUT2D eigenvalue weighted by molar-refractivity contribution is 5.91. The summed E-state index contributed by atoms with van der Waals surface area (Å²) in [5.41, 5.74) is 10.6. The van der Waals surface area contributed by atoms with Crippen LogP contribution in [0.1, 0.15) is 11.3 Å². The quantitative estimate of drug-likeness (QED) is 0.801. The number of nitrogens with zero attached hydrogens (tertiary/aromatic N) is 3. The van der Waals surface area contributed by atoms with Crippen LogP contribution in [0.2, 0.25) is 0 Å². The molecule has 2 aromatic heterocycles. The minimum Gasteiger partial charge on any atom is -0.496 e. The number of nitrogens with two attached hydrogens (primary N) is 1. The number of hydrogen-bond donors (Lipinski definition) is 1. The number of nitrogen functional groups attached to an aromatic ring is 1. The van der Waals surface area contributed by atoms with Crippen LogP contribution in [-0.4, -0.2) is 16.7 Å². The van der Waals surface area contributed by atoms with E-state index >= 15 is 0 Å². The lowest BCUT2D eigenvalue weighted by Gasteiger charge is -2.18. The Bertz CT molecular complexity index is 950. The number of rotatable bonds is 3. The number of benzene rings is 1. The van der Waals surface area contributed by atoms with Crippen LogP contribution < -0.4 is 10.5 Å². The zero-order valence-electron chi connectivity index (χ0n) is 13.9. The Balaban J connectivity index is 2.47. The van der Waals surface area contributed by atoms with Crippen LogP contribution in [-0.2, 0) is 7.05 Å². The highest BCUT2D eigenvalue weighted by atomic mass is 16.5. The summed E-state index contributed by atoms with van der Waals surface area (Å²) in [5, 5.41) is 9.67. The zero-order valence-corrected chi connectivity index (χ0v) is 13.9. The molecule has 0 bridgehead atoms. The molecule has 0 aliphatic heterocycles. The molecule has 0 atom stereocenters. The fraction of sp³-hybridized carbons (Fsp3) is 0.158. The van der Waals surface area contributed by atoms with Crippen molar-refractivity contribution in [3.05, 3.63) is 53.9 Å². The summed E-state index contributed by atoms with van der Waals surface area (Å²) in [6, 6.07) is 13.8. The first-order valence-electron chi connectivity index (χ1n) is 7.53. The van der Waals surface area contributed by atoms with Gasteiger partial charge in [-0.2, -0.15) is 5.26 Å². The summed E-state index contributed by atoms with van der Waals surface area (Å²) in [4.78, 5) is 4.39. The largest absolute Gasteiger partial charge is 0.496 e. The van der Waals surface area contributed by atoms with Crippen LogP contribution >= 0.6 is 0 Å². The second kappa shape index (κ2) is 6.09. The molecule has 0 unspecified atom stereocenters. The summed E-state index contributed by atoms with van der Waals surface area (Å²) in [6.07, 6.45) is 1.94. The predicted molar refractivity (Wildman–Crippen MR) is 94.5 cm³/mol. The molecule has 0 saturated carbocycles. The highest BCUT2D eigenvalue weighted by Crippen LogP contribution is 2.41. The summed E-state index contributed by atoms with van der Waals surface area (Å²) in [6.45, 7) is 1.89. The Kier molecular flexibility index (Phi) is 3.97. The summed E-state index contributed by atoms with van der Waals surface area (Å²) in [7, 11) is 3.57. The van der Waals surface area contributed by atoms with Crippen molar-refractivity contribution in [2.24, 2.45) is 7.05 Å². The van der Waals surface area contributed by atoms with Gasteiger partial charge in [-0.3, -0.25) is 0 Å². The third-order valence-corrected chi connectivity index (χ3v) is 4.09. The normalized spacial score (nSPS) is 10.4. The van der Waals surface area contributed by atoms with Crippen molar-refractivity contribution in [2.75, 3.05) is 12.8 Å². The van der Waals surface area contributed by atoms with Gasteiger partial charge in [0.2, 0.25) is 0 Å². The van der Waals surface area contributed by atoms with E-state index in [1.54, 1.807) is 7.11 Å². The average molecular weight is 318 g/mol. The number of methoxy groups -OCH3 is 1. The van der Waals surface area contributed by atoms with Crippen molar-refractivity contribution < 1.29 is 4.74 Å². The van der Waals surface area contributed by atoms with Gasteiger partial charge >= 0.3 is 0 Å². The number of aromatic nitrogens is 2. The molecule has 2 heterocycles. The van der Waals surface area contributed by atoms with E-state index in [0.29, 0.717) is 5.56 Å². The van der Waals surface area contributed by atoms with Crippen molar-refractivity contribution in [1.82, 2.24) is 9.55 Å². The number of anilines is 1. The van der Waals surface area contributed by atoms with E-state index in [2.05, 4.69) is 11.1 Å². The molecule has 24 heavy (non-hydrogen) atoms. The Morgan fingerprint density at radius 1 is 1.17 bits per heavy atom. The molecule has 0 spiro atoms. The molecule has 0 fully saturated rings. The van der Waals surface area contributed by atoms with E-state index in [9.17, 15) is 5.26 Å². The molecule has 1 aromatic carbocycles. The van der Waals surface area contributed by atoms with Gasteiger partial charge in [0.25, 0.3) is 0 Å². The van der Waals surface area contributed by atoms with Gasteiger partial charge in [-0.05, 0) is 25.1 Å². The molecule has 5 heteroatoms. The van der Waals surface area contributed by atoms with Crippen LogP contribution in [0.25, 0.3) is 22.4 Å². The Hall–Kier alpha value is -3.26. The van der Waals surface area contributed by atoms with Gasteiger partial charge in [0.05, 0.1) is 7.11 Å². The number of hydrogen-bond acceptors (Lipinski definition) is 4. The smallest absolute Gasteiger partial charge is 0.142 e. The van der Waals surface area contributed by atoms with Crippen LogP contribution in [0.4, 0.5) is 5.82 Å². The fourth-order valence-corrected chi connectivity index (χ4v) is 3.00. The van der Waals surface area contributed by atoms with Gasteiger partial charge in [-0.1, -0.05) is 18.2 Å². The van der Waals surface area contributed by atoms with Crippen molar-refractivity contribution in [3.8, 4) is 34.2 Å². The minimum absolute atomic E-state index is 0.241. The van der Waals surface area contributed by atoms with Gasteiger partial charge in [-0.15, -0.1) is 0 Å². The van der Waals surface area contributed by atoms with Gasteiger partial charge < -0.3 is 15.0 Å². The van der Waals surface area contributed by atoms with Crippen LogP contribution in [0.15, 0.2) is 42.6 Å². The molecule has 0 amide bonds. The molecule has 3 rings (SSSR count). The van der Waals surface area contributed by atoms with E-state index in [-0.39, 0.29) is 5.82 Å². The zero-order chi connectivity index (χ0) is 17.3. The molecule has 0 saturated heterocycles. The second-order valence-electron chi connectivity index (χ2n) is 5.52. The number of nitriles is 1. The maximum absolute atomic E-state index is 9.67. The number of aryl methyl sites for hydroxylation is 2. The molecule has 2 N–H and O–H groups in total. The average Bonchev–Trinajstić information content (AvgIpc) is 3.00. The standard InChI is InChI=1S/C19H18N4O/c1-12-17(13-7-4-5-9-16(13)24-3)18(14(11-20)19(21)22-12)15-8-6-10-23(15)2/h4-10H,1-3H3,(H2,21,22). The monoisotopic (exact) mass is 318 g/mol. The lowest BCUT2D eigenvalue weighted by atomic mass is 9.92.